The summed E-state index contributed by atoms with van der Waals surface area (Å²) < 4.78 is 0. The van der Waals surface area contributed by atoms with E-state index in [-0.39, 0.29) is 11.9 Å². The Morgan fingerprint density at radius 2 is 1.95 bits per heavy atom. The minimum absolute atomic E-state index is 0.0102. The van der Waals surface area contributed by atoms with Crippen molar-refractivity contribution in [3.05, 3.63) is 0 Å². The number of hydrogen-bond acceptors (Lipinski definition) is 3. The lowest BCUT2D eigenvalue weighted by molar-refractivity contribution is -0.153. The van der Waals surface area contributed by atoms with Crippen molar-refractivity contribution in [2.24, 2.45) is 5.41 Å². The van der Waals surface area contributed by atoms with Gasteiger partial charge in [0.1, 0.15) is 0 Å². The van der Waals surface area contributed by atoms with Crippen molar-refractivity contribution >= 4 is 11.9 Å². The molecule has 0 aromatic heterocycles. The van der Waals surface area contributed by atoms with Crippen LogP contribution < -0.4 is 5.32 Å². The molecule has 0 aromatic carbocycles. The number of carbonyl (C=O) groups is 2. The molecular formula is C15H28N2O3. The highest BCUT2D eigenvalue weighted by Gasteiger charge is 2.41. The van der Waals surface area contributed by atoms with Crippen LogP contribution in [0.5, 0.6) is 0 Å². The van der Waals surface area contributed by atoms with Gasteiger partial charge < -0.3 is 10.4 Å². The number of piperidine rings is 1. The maximum absolute atomic E-state index is 12.0. The molecule has 1 unspecified atom stereocenters. The Labute approximate surface area is 121 Å². The summed E-state index contributed by atoms with van der Waals surface area (Å²) >= 11 is 0. The van der Waals surface area contributed by atoms with Crippen molar-refractivity contribution in [3.63, 3.8) is 0 Å². The summed E-state index contributed by atoms with van der Waals surface area (Å²) in [6, 6.07) is 0.225. The minimum Gasteiger partial charge on any atom is -0.481 e. The van der Waals surface area contributed by atoms with Crippen LogP contribution in [-0.4, -0.2) is 47.6 Å². The number of carboxylic acid groups (broad SMARTS) is 1. The van der Waals surface area contributed by atoms with Crippen molar-refractivity contribution in [1.82, 2.24) is 10.2 Å². The second-order valence-corrected chi connectivity index (χ2v) is 5.83. The molecule has 0 spiro atoms. The van der Waals surface area contributed by atoms with Crippen LogP contribution in [-0.2, 0) is 9.59 Å². The third-order valence-corrected chi connectivity index (χ3v) is 4.50. The van der Waals surface area contributed by atoms with Gasteiger partial charge in [-0.25, -0.2) is 0 Å². The molecule has 1 amide bonds. The van der Waals surface area contributed by atoms with Gasteiger partial charge in [-0.2, -0.15) is 0 Å². The summed E-state index contributed by atoms with van der Waals surface area (Å²) in [6.45, 7) is 7.64. The molecule has 1 atom stereocenters. The molecule has 1 fully saturated rings. The smallest absolute Gasteiger partial charge is 0.310 e. The van der Waals surface area contributed by atoms with Gasteiger partial charge in [-0.1, -0.05) is 20.8 Å². The van der Waals surface area contributed by atoms with Crippen molar-refractivity contribution in [2.45, 2.75) is 58.9 Å². The molecule has 1 aliphatic heterocycles. The molecule has 0 radical (unpaired) electrons. The Bertz CT molecular complexity index is 342. The monoisotopic (exact) mass is 284 g/mol. The van der Waals surface area contributed by atoms with Crippen LogP contribution in [0, 0.1) is 5.41 Å². The normalized spacial score (nSPS) is 23.8. The van der Waals surface area contributed by atoms with Crippen LogP contribution in [0.2, 0.25) is 0 Å². The zero-order valence-corrected chi connectivity index (χ0v) is 12.9. The van der Waals surface area contributed by atoms with E-state index in [0.717, 1.165) is 25.8 Å². The quantitative estimate of drug-likeness (QED) is 0.749. The first-order chi connectivity index (χ1) is 9.47. The highest BCUT2D eigenvalue weighted by molar-refractivity contribution is 5.79. The molecule has 116 valence electrons. The van der Waals surface area contributed by atoms with Gasteiger partial charge in [-0.05, 0) is 38.6 Å². The Hall–Kier alpha value is -1.10. The Morgan fingerprint density at radius 1 is 1.30 bits per heavy atom. The third-order valence-electron chi connectivity index (χ3n) is 4.50. The number of aliphatic carboxylic acids is 1. The standard InChI is InChI=1S/C15H28N2O3/c1-4-12(5-2)16-13(18)10-17-9-7-8-15(6-3,11-17)14(19)20/h12H,4-11H2,1-3H3,(H,16,18)(H,19,20). The fourth-order valence-electron chi connectivity index (χ4n) is 2.95. The van der Waals surface area contributed by atoms with Gasteiger partial charge in [0.2, 0.25) is 5.91 Å². The lowest BCUT2D eigenvalue weighted by Gasteiger charge is -2.39. The maximum atomic E-state index is 12.0. The van der Waals surface area contributed by atoms with Crippen molar-refractivity contribution in [1.29, 1.82) is 0 Å². The van der Waals surface area contributed by atoms with Crippen LogP contribution in [0.4, 0.5) is 0 Å². The van der Waals surface area contributed by atoms with Crippen LogP contribution in [0.25, 0.3) is 0 Å². The average Bonchev–Trinajstić information content (AvgIpc) is 2.44. The Balaban J connectivity index is 2.55. The molecule has 1 aliphatic rings. The molecule has 0 saturated carbocycles. The van der Waals surface area contributed by atoms with Gasteiger partial charge in [0.25, 0.3) is 0 Å². The van der Waals surface area contributed by atoms with Crippen molar-refractivity contribution in [2.75, 3.05) is 19.6 Å². The SMILES string of the molecule is CCC(CC)NC(=O)CN1CCCC(CC)(C(=O)O)C1. The second-order valence-electron chi connectivity index (χ2n) is 5.83. The topological polar surface area (TPSA) is 69.6 Å². The molecule has 20 heavy (non-hydrogen) atoms. The number of likely N-dealkylation sites (tertiary alicyclic amines) is 1. The number of amides is 1. The summed E-state index contributed by atoms with van der Waals surface area (Å²) in [7, 11) is 0. The van der Waals surface area contributed by atoms with E-state index in [4.69, 9.17) is 0 Å². The summed E-state index contributed by atoms with van der Waals surface area (Å²) in [5, 5.41) is 12.4. The molecule has 0 aromatic rings. The van der Waals surface area contributed by atoms with E-state index >= 15 is 0 Å². The third kappa shape index (κ3) is 4.20. The zero-order valence-electron chi connectivity index (χ0n) is 12.9. The molecule has 0 aliphatic carbocycles. The van der Waals surface area contributed by atoms with Crippen LogP contribution in [0.15, 0.2) is 0 Å². The molecule has 1 saturated heterocycles. The minimum atomic E-state index is -0.731. The number of rotatable bonds is 7. The average molecular weight is 284 g/mol. The Kier molecular flexibility index (Phi) is 6.46. The first-order valence-corrected chi connectivity index (χ1v) is 7.72. The summed E-state index contributed by atoms with van der Waals surface area (Å²) in [6.07, 6.45) is 4.03. The van der Waals surface area contributed by atoms with E-state index in [9.17, 15) is 14.7 Å². The molecular weight excluding hydrogens is 256 g/mol. The number of carbonyl (C=O) groups excluding carboxylic acids is 1. The van der Waals surface area contributed by atoms with E-state index < -0.39 is 11.4 Å². The van der Waals surface area contributed by atoms with Crippen molar-refractivity contribution in [3.8, 4) is 0 Å². The van der Waals surface area contributed by atoms with Crippen LogP contribution >= 0.6 is 0 Å². The maximum Gasteiger partial charge on any atom is 0.310 e. The number of carboxylic acids is 1. The molecule has 1 heterocycles. The fourth-order valence-corrected chi connectivity index (χ4v) is 2.95. The predicted octanol–water partition coefficient (Wildman–Crippen LogP) is 1.87. The van der Waals surface area contributed by atoms with Crippen LogP contribution in [0.3, 0.4) is 0 Å². The first kappa shape index (κ1) is 17.0. The van der Waals surface area contributed by atoms with E-state index in [0.29, 0.717) is 25.9 Å². The highest BCUT2D eigenvalue weighted by atomic mass is 16.4. The van der Waals surface area contributed by atoms with Gasteiger partial charge >= 0.3 is 5.97 Å². The first-order valence-electron chi connectivity index (χ1n) is 7.72. The summed E-state index contributed by atoms with van der Waals surface area (Å²) in [5.74, 6) is -0.721. The molecule has 5 heteroatoms. The van der Waals surface area contributed by atoms with Gasteiger partial charge in [0.15, 0.2) is 0 Å². The molecule has 0 bridgehead atoms. The van der Waals surface area contributed by atoms with E-state index in [1.165, 1.54) is 0 Å². The summed E-state index contributed by atoms with van der Waals surface area (Å²) in [5.41, 5.74) is -0.673. The number of hydrogen-bond donors (Lipinski definition) is 2. The largest absolute Gasteiger partial charge is 0.481 e. The van der Waals surface area contributed by atoms with Crippen LogP contribution in [0.1, 0.15) is 52.9 Å². The second kappa shape index (κ2) is 7.62. The lowest BCUT2D eigenvalue weighted by atomic mass is 9.77. The number of nitrogens with zero attached hydrogens (tertiary/aromatic N) is 1. The zero-order chi connectivity index (χ0) is 15.2. The molecule has 2 N–H and O–H groups in total. The van der Waals surface area contributed by atoms with Gasteiger partial charge in [0.05, 0.1) is 12.0 Å². The Morgan fingerprint density at radius 3 is 2.45 bits per heavy atom. The van der Waals surface area contributed by atoms with Gasteiger partial charge in [0, 0.05) is 12.6 Å². The highest BCUT2D eigenvalue weighted by Crippen LogP contribution is 2.33. The van der Waals surface area contributed by atoms with Crippen molar-refractivity contribution < 1.29 is 14.7 Å². The van der Waals surface area contributed by atoms with E-state index in [1.54, 1.807) is 0 Å². The lowest BCUT2D eigenvalue weighted by Crippen LogP contribution is -2.51. The van der Waals surface area contributed by atoms with Gasteiger partial charge in [-0.15, -0.1) is 0 Å². The molecule has 1 rings (SSSR count). The fraction of sp³-hybridized carbons (Fsp3) is 0.867. The van der Waals surface area contributed by atoms with Gasteiger partial charge in [-0.3, -0.25) is 14.5 Å². The van der Waals surface area contributed by atoms with E-state index in [1.807, 2.05) is 11.8 Å². The predicted molar refractivity (Wildman–Crippen MR) is 78.5 cm³/mol. The summed E-state index contributed by atoms with van der Waals surface area (Å²) in [4.78, 5) is 25.5. The molecule has 5 nitrogen and oxygen atoms in total. The number of nitrogens with one attached hydrogen (secondary N) is 1. The van der Waals surface area contributed by atoms with E-state index in [2.05, 4.69) is 19.2 Å².